The molecule has 4 bridgehead atoms. The summed E-state index contributed by atoms with van der Waals surface area (Å²) in [5.74, 6) is -2.45. The van der Waals surface area contributed by atoms with Crippen molar-refractivity contribution in [3.05, 3.63) is 30.4 Å². The number of ketones is 1. The number of rotatable bonds is 4. The molecule has 0 aromatic carbocycles. The maximum atomic E-state index is 14.4. The Morgan fingerprint density at radius 2 is 2.00 bits per heavy atom. The number of carbonyl (C=O) groups is 1. The molecule has 3 saturated carbocycles. The Morgan fingerprint density at radius 3 is 2.76 bits per heavy atom. The number of hydrogen-bond donors (Lipinski definition) is 1. The zero-order valence-electron chi connectivity index (χ0n) is 22.6. The predicted molar refractivity (Wildman–Crippen MR) is 134 cm³/mol. The van der Waals surface area contributed by atoms with Crippen molar-refractivity contribution in [3.63, 3.8) is 0 Å². The molecule has 0 aromatic rings. The van der Waals surface area contributed by atoms with Gasteiger partial charge in [-0.2, -0.15) is 0 Å². The van der Waals surface area contributed by atoms with Crippen molar-refractivity contribution >= 4 is 5.78 Å². The van der Waals surface area contributed by atoms with Gasteiger partial charge in [0.25, 0.3) is 0 Å². The van der Waals surface area contributed by atoms with Gasteiger partial charge < -0.3 is 24.1 Å². The fourth-order valence-corrected chi connectivity index (χ4v) is 10.0. The summed E-state index contributed by atoms with van der Waals surface area (Å²) in [6, 6.07) is 0. The van der Waals surface area contributed by atoms with E-state index in [0.717, 1.165) is 50.7 Å². The van der Waals surface area contributed by atoms with Crippen molar-refractivity contribution < 1.29 is 33.6 Å². The van der Waals surface area contributed by atoms with E-state index < -0.39 is 34.6 Å². The SMILES string of the molecule is C=C1C(=O)[C@@]23[C@@H]4OC([CH2+])(C)OC25OC[C@]2(C6=C(CC[C@H](OCCCC)O6)CC(C)(C)[C@H]2[C@@H]5O)[C@@H]3CC[C@@H]14. The van der Waals surface area contributed by atoms with E-state index in [-0.39, 0.29) is 35.2 Å². The Bertz CT molecular complexity index is 1090. The number of aliphatic hydroxyl groups excluding tert-OH is 1. The fraction of sp³-hybridized carbons (Fsp3) is 0.800. The van der Waals surface area contributed by atoms with E-state index in [9.17, 15) is 9.90 Å². The van der Waals surface area contributed by atoms with Gasteiger partial charge in [0.2, 0.25) is 5.79 Å². The number of fused-ring (bicyclic) bond motifs is 1. The van der Waals surface area contributed by atoms with Crippen LogP contribution in [0.5, 0.6) is 0 Å². The average molecular weight is 514 g/mol. The molecule has 8 aliphatic rings. The monoisotopic (exact) mass is 513 g/mol. The van der Waals surface area contributed by atoms with Crippen molar-refractivity contribution in [3.8, 4) is 0 Å². The first kappa shape index (κ1) is 24.6. The van der Waals surface area contributed by atoms with Crippen LogP contribution in [-0.4, -0.2) is 54.2 Å². The summed E-state index contributed by atoms with van der Waals surface area (Å²) >= 11 is 0. The minimum atomic E-state index is -1.53. The molecule has 1 N–H and O–H groups in total. The zero-order chi connectivity index (χ0) is 26.2. The van der Waals surface area contributed by atoms with Gasteiger partial charge in [-0.05, 0) is 54.6 Å². The molecule has 7 nitrogen and oxygen atoms in total. The molecule has 0 amide bonds. The van der Waals surface area contributed by atoms with Gasteiger partial charge in [-0.25, -0.2) is 0 Å². The number of Topliss-reactive ketones (excluding diaryl/α,β-unsaturated/α-hetero) is 1. The second-order valence-corrected chi connectivity index (χ2v) is 13.6. The molecule has 37 heavy (non-hydrogen) atoms. The van der Waals surface area contributed by atoms with E-state index in [1.165, 1.54) is 5.57 Å². The lowest BCUT2D eigenvalue weighted by atomic mass is 9.36. The van der Waals surface area contributed by atoms with E-state index in [1.807, 2.05) is 0 Å². The molecule has 10 atom stereocenters. The molecule has 3 spiro atoms. The third-order valence-electron chi connectivity index (χ3n) is 11.0. The maximum absolute atomic E-state index is 14.4. The van der Waals surface area contributed by atoms with E-state index >= 15 is 0 Å². The first-order chi connectivity index (χ1) is 17.5. The molecule has 8 rings (SSSR count). The van der Waals surface area contributed by atoms with Crippen LogP contribution in [0.4, 0.5) is 0 Å². The third kappa shape index (κ3) is 2.66. The molecule has 202 valence electrons. The van der Waals surface area contributed by atoms with Gasteiger partial charge in [0, 0.05) is 25.2 Å². The van der Waals surface area contributed by atoms with Gasteiger partial charge in [0.15, 0.2) is 12.1 Å². The Kier molecular flexibility index (Phi) is 4.94. The van der Waals surface area contributed by atoms with Crippen LogP contribution in [0.25, 0.3) is 0 Å². The molecular formula is C30H41O7+. The molecule has 7 heteroatoms. The van der Waals surface area contributed by atoms with E-state index in [4.69, 9.17) is 23.7 Å². The second-order valence-electron chi connectivity index (χ2n) is 13.6. The molecule has 4 aliphatic heterocycles. The van der Waals surface area contributed by atoms with Crippen LogP contribution in [0.3, 0.4) is 0 Å². The highest BCUT2D eigenvalue weighted by Gasteiger charge is 2.90. The largest absolute Gasteiger partial charge is 0.469 e. The summed E-state index contributed by atoms with van der Waals surface area (Å²) in [4.78, 5) is 14.4. The molecule has 4 heterocycles. The van der Waals surface area contributed by atoms with E-state index in [2.05, 4.69) is 34.3 Å². The van der Waals surface area contributed by atoms with Gasteiger partial charge in [-0.15, -0.1) is 0 Å². The average Bonchev–Trinajstić information content (AvgIpc) is 2.94. The summed E-state index contributed by atoms with van der Waals surface area (Å²) in [6.07, 6.45) is 4.32. The van der Waals surface area contributed by atoms with Crippen LogP contribution in [0, 0.1) is 40.9 Å². The molecule has 2 unspecified atom stereocenters. The molecule has 6 fully saturated rings. The summed E-state index contributed by atoms with van der Waals surface area (Å²) in [7, 11) is 0. The minimum Gasteiger partial charge on any atom is -0.469 e. The first-order valence-electron chi connectivity index (χ1n) is 14.3. The first-order valence-corrected chi connectivity index (χ1v) is 14.3. The van der Waals surface area contributed by atoms with Gasteiger partial charge >= 0.3 is 5.79 Å². The van der Waals surface area contributed by atoms with E-state index in [0.29, 0.717) is 18.8 Å². The summed E-state index contributed by atoms with van der Waals surface area (Å²) in [5, 5.41) is 12.4. The van der Waals surface area contributed by atoms with Crippen LogP contribution in [0.1, 0.15) is 72.6 Å². The van der Waals surface area contributed by atoms with Crippen molar-refractivity contribution in [1.29, 1.82) is 0 Å². The number of allylic oxidation sites excluding steroid dienone is 1. The second kappa shape index (κ2) is 7.42. The highest BCUT2D eigenvalue weighted by molar-refractivity contribution is 6.05. The smallest absolute Gasteiger partial charge is 0.314 e. The van der Waals surface area contributed by atoms with E-state index in [1.54, 1.807) is 6.92 Å². The number of unbranched alkanes of at least 4 members (excludes halogenated alkanes) is 1. The fourth-order valence-electron chi connectivity index (χ4n) is 10.0. The van der Waals surface area contributed by atoms with Crippen molar-refractivity contribution in [1.82, 2.24) is 0 Å². The van der Waals surface area contributed by atoms with Crippen LogP contribution < -0.4 is 0 Å². The van der Waals surface area contributed by atoms with Crippen molar-refractivity contribution in [2.24, 2.45) is 34.0 Å². The maximum Gasteiger partial charge on any atom is 0.314 e. The van der Waals surface area contributed by atoms with Crippen LogP contribution in [0.15, 0.2) is 23.5 Å². The quantitative estimate of drug-likeness (QED) is 0.338. The number of aliphatic hydroxyl groups is 1. The highest BCUT2D eigenvalue weighted by Crippen LogP contribution is 2.80. The Hall–Kier alpha value is -1.38. The minimum absolute atomic E-state index is 0.0749. The van der Waals surface area contributed by atoms with Gasteiger partial charge in [-0.3, -0.25) is 9.53 Å². The Balaban J connectivity index is 1.43. The van der Waals surface area contributed by atoms with Crippen LogP contribution in [-0.2, 0) is 28.5 Å². The lowest BCUT2D eigenvalue weighted by Gasteiger charge is -2.76. The summed E-state index contributed by atoms with van der Waals surface area (Å²) < 4.78 is 32.7. The van der Waals surface area contributed by atoms with Gasteiger partial charge in [-0.1, -0.05) is 33.8 Å². The lowest BCUT2D eigenvalue weighted by Crippen LogP contribution is -2.87. The normalized spacial score (nSPS) is 52.9. The molecule has 0 radical (unpaired) electrons. The highest BCUT2D eigenvalue weighted by atomic mass is 16.8. The van der Waals surface area contributed by atoms with Crippen LogP contribution >= 0.6 is 0 Å². The van der Waals surface area contributed by atoms with Gasteiger partial charge in [0.05, 0.1) is 24.7 Å². The molecule has 4 aliphatic carbocycles. The lowest BCUT2D eigenvalue weighted by molar-refractivity contribution is -0.522. The Morgan fingerprint density at radius 1 is 1.22 bits per heavy atom. The number of hydrogen-bond acceptors (Lipinski definition) is 7. The summed E-state index contributed by atoms with van der Waals surface area (Å²) in [6.45, 7) is 17.8. The predicted octanol–water partition coefficient (Wildman–Crippen LogP) is 4.44. The van der Waals surface area contributed by atoms with Crippen molar-refractivity contribution in [2.75, 3.05) is 13.2 Å². The molecule has 3 saturated heterocycles. The van der Waals surface area contributed by atoms with Crippen LogP contribution in [0.2, 0.25) is 0 Å². The number of carbonyl (C=O) groups excluding carboxylic acids is 1. The Labute approximate surface area is 219 Å². The topological polar surface area (TPSA) is 83.5 Å². The summed E-state index contributed by atoms with van der Waals surface area (Å²) in [5.41, 5.74) is -0.251. The molecule has 0 aromatic heterocycles. The zero-order valence-corrected chi connectivity index (χ0v) is 22.6. The van der Waals surface area contributed by atoms with Gasteiger partial charge in [0.1, 0.15) is 24.2 Å². The third-order valence-corrected chi connectivity index (χ3v) is 11.0. The number of ether oxygens (including phenoxy) is 5. The van der Waals surface area contributed by atoms with Crippen molar-refractivity contribution in [2.45, 2.75) is 103 Å². The molecular weight excluding hydrogens is 472 g/mol. The standard InChI is InChI=1S/C30H41O7/c1-7-8-13-33-20-12-9-17-14-26(3,4)21-23(32)30-29-19(28(21,15-34-30)24(17)35-20)11-10-18(16(2)22(29)31)25(29)36-27(5,6)37-30/h18-21,23,25,32H,2,5,7-15H2,1,3-4,6H3/q+1/t18-,19-,20+,21+,23-,25+,27?,28-,29-,30?/m0/s1.